The second-order valence-electron chi connectivity index (χ2n) is 6.42. The van der Waals surface area contributed by atoms with Crippen molar-refractivity contribution in [3.05, 3.63) is 39.8 Å². The van der Waals surface area contributed by atoms with Crippen LogP contribution in [0, 0.1) is 6.92 Å². The lowest BCUT2D eigenvalue weighted by atomic mass is 10.1. The lowest BCUT2D eigenvalue weighted by molar-refractivity contribution is 0.0499. The molecule has 2 aromatic heterocycles. The van der Waals surface area contributed by atoms with Gasteiger partial charge in [-0.15, -0.1) is 0 Å². The van der Waals surface area contributed by atoms with Crippen molar-refractivity contribution in [2.24, 2.45) is 7.05 Å². The van der Waals surface area contributed by atoms with Crippen LogP contribution in [0.15, 0.2) is 23.0 Å². The van der Waals surface area contributed by atoms with Gasteiger partial charge < -0.3 is 5.11 Å². The first-order valence-corrected chi connectivity index (χ1v) is 9.17. The van der Waals surface area contributed by atoms with Crippen molar-refractivity contribution in [3.63, 3.8) is 0 Å². The molecule has 0 radical (unpaired) electrons. The van der Waals surface area contributed by atoms with Crippen LogP contribution in [-0.4, -0.2) is 57.0 Å². The molecule has 126 valence electrons. The Morgan fingerprint density at radius 2 is 2.22 bits per heavy atom. The van der Waals surface area contributed by atoms with Crippen LogP contribution in [0.2, 0.25) is 0 Å². The Bertz CT molecular complexity index is 610. The highest BCUT2D eigenvalue weighted by molar-refractivity contribution is 7.07. The van der Waals surface area contributed by atoms with Crippen LogP contribution < -0.4 is 0 Å². The molecule has 0 spiro atoms. The number of hydrogen-bond acceptors (Lipinski definition) is 5. The van der Waals surface area contributed by atoms with E-state index in [9.17, 15) is 5.11 Å². The lowest BCUT2D eigenvalue weighted by Crippen LogP contribution is -2.52. The quantitative estimate of drug-likeness (QED) is 0.876. The van der Waals surface area contributed by atoms with Crippen molar-refractivity contribution in [2.45, 2.75) is 32.5 Å². The molecule has 0 bridgehead atoms. The summed E-state index contributed by atoms with van der Waals surface area (Å²) in [6, 6.07) is 2.62. The Morgan fingerprint density at radius 1 is 1.35 bits per heavy atom. The number of piperazine rings is 1. The highest BCUT2D eigenvalue weighted by Gasteiger charge is 2.27. The molecule has 6 heteroatoms. The summed E-state index contributed by atoms with van der Waals surface area (Å²) in [5.41, 5.74) is 3.81. The smallest absolute Gasteiger partial charge is 0.0638 e. The van der Waals surface area contributed by atoms with Gasteiger partial charge in [-0.25, -0.2) is 0 Å². The van der Waals surface area contributed by atoms with E-state index in [1.54, 1.807) is 11.3 Å². The lowest BCUT2D eigenvalue weighted by Gasteiger charge is -2.41. The molecule has 1 saturated heterocycles. The third-order valence-electron chi connectivity index (χ3n) is 4.63. The van der Waals surface area contributed by atoms with E-state index in [0.717, 1.165) is 44.8 Å². The molecule has 0 unspecified atom stereocenters. The summed E-state index contributed by atoms with van der Waals surface area (Å²) >= 11 is 1.75. The van der Waals surface area contributed by atoms with E-state index in [1.807, 2.05) is 11.7 Å². The number of aliphatic hydroxyl groups excluding tert-OH is 1. The van der Waals surface area contributed by atoms with Gasteiger partial charge >= 0.3 is 0 Å². The van der Waals surface area contributed by atoms with Gasteiger partial charge in [0.15, 0.2) is 0 Å². The van der Waals surface area contributed by atoms with Crippen LogP contribution in [0.1, 0.15) is 23.2 Å². The van der Waals surface area contributed by atoms with Crippen molar-refractivity contribution in [1.82, 2.24) is 19.6 Å². The summed E-state index contributed by atoms with van der Waals surface area (Å²) in [6.07, 6.45) is 2.96. The normalized spacial score (nSPS) is 20.2. The zero-order chi connectivity index (χ0) is 16.2. The Morgan fingerprint density at radius 3 is 2.87 bits per heavy atom. The van der Waals surface area contributed by atoms with Gasteiger partial charge in [0.25, 0.3) is 0 Å². The van der Waals surface area contributed by atoms with Gasteiger partial charge in [0, 0.05) is 64.2 Å². The van der Waals surface area contributed by atoms with Crippen molar-refractivity contribution in [1.29, 1.82) is 0 Å². The van der Waals surface area contributed by atoms with Crippen LogP contribution in [0.4, 0.5) is 0 Å². The fourth-order valence-corrected chi connectivity index (χ4v) is 4.05. The topological polar surface area (TPSA) is 44.5 Å². The van der Waals surface area contributed by atoms with Gasteiger partial charge in [0.2, 0.25) is 0 Å². The van der Waals surface area contributed by atoms with Gasteiger partial charge in [-0.05, 0) is 35.7 Å². The maximum absolute atomic E-state index is 9.43. The van der Waals surface area contributed by atoms with E-state index < -0.39 is 0 Å². The third-order valence-corrected chi connectivity index (χ3v) is 5.36. The van der Waals surface area contributed by atoms with Crippen molar-refractivity contribution < 1.29 is 5.11 Å². The van der Waals surface area contributed by atoms with Crippen molar-refractivity contribution in [3.8, 4) is 0 Å². The molecule has 0 aromatic carbocycles. The Balaban J connectivity index is 1.62. The van der Waals surface area contributed by atoms with Crippen molar-refractivity contribution >= 4 is 11.3 Å². The maximum atomic E-state index is 9.43. The van der Waals surface area contributed by atoms with Gasteiger partial charge in [-0.3, -0.25) is 14.5 Å². The minimum atomic E-state index is 0.255. The number of aryl methyl sites for hydroxylation is 2. The third kappa shape index (κ3) is 4.20. The van der Waals surface area contributed by atoms with Crippen LogP contribution in [0.5, 0.6) is 0 Å². The van der Waals surface area contributed by atoms with Crippen LogP contribution in [0.25, 0.3) is 0 Å². The Hall–Kier alpha value is -1.21. The van der Waals surface area contributed by atoms with E-state index in [2.05, 4.69) is 44.8 Å². The molecule has 0 saturated carbocycles. The molecule has 1 aliphatic heterocycles. The first-order valence-electron chi connectivity index (χ1n) is 8.23. The number of nitrogens with zero attached hydrogens (tertiary/aromatic N) is 4. The molecule has 3 heterocycles. The number of hydrogen-bond donors (Lipinski definition) is 1. The molecule has 23 heavy (non-hydrogen) atoms. The minimum Gasteiger partial charge on any atom is -0.396 e. The van der Waals surface area contributed by atoms with E-state index in [4.69, 9.17) is 0 Å². The minimum absolute atomic E-state index is 0.255. The highest BCUT2D eigenvalue weighted by Crippen LogP contribution is 2.20. The summed E-state index contributed by atoms with van der Waals surface area (Å²) in [5, 5.41) is 18.2. The number of rotatable bonds is 6. The first-order chi connectivity index (χ1) is 11.2. The summed E-state index contributed by atoms with van der Waals surface area (Å²) in [7, 11) is 1.98. The number of aliphatic hydroxyl groups is 1. The second kappa shape index (κ2) is 7.57. The van der Waals surface area contributed by atoms with Gasteiger partial charge in [-0.1, -0.05) is 0 Å². The Labute approximate surface area is 142 Å². The molecule has 1 fully saturated rings. The molecular formula is C17H26N4OS. The SMILES string of the molecule is Cc1nn(C)cc1CN1CCN(Cc2ccsc2)[C@H](CCO)C1. The molecular weight excluding hydrogens is 308 g/mol. The molecule has 0 amide bonds. The predicted molar refractivity (Wildman–Crippen MR) is 93.4 cm³/mol. The summed E-state index contributed by atoms with van der Waals surface area (Å²) < 4.78 is 1.89. The molecule has 1 aliphatic rings. The van der Waals surface area contributed by atoms with Crippen LogP contribution in [-0.2, 0) is 20.1 Å². The van der Waals surface area contributed by atoms with Crippen LogP contribution >= 0.6 is 11.3 Å². The summed E-state index contributed by atoms with van der Waals surface area (Å²) in [5.74, 6) is 0. The van der Waals surface area contributed by atoms with Gasteiger partial charge in [0.1, 0.15) is 0 Å². The van der Waals surface area contributed by atoms with Gasteiger partial charge in [0.05, 0.1) is 5.69 Å². The zero-order valence-electron chi connectivity index (χ0n) is 14.0. The van der Waals surface area contributed by atoms with Crippen LogP contribution in [0.3, 0.4) is 0 Å². The Kier molecular flexibility index (Phi) is 5.48. The first kappa shape index (κ1) is 16.6. The van der Waals surface area contributed by atoms with Gasteiger partial charge in [-0.2, -0.15) is 16.4 Å². The molecule has 2 aromatic rings. The average molecular weight is 334 g/mol. The monoisotopic (exact) mass is 334 g/mol. The van der Waals surface area contributed by atoms with E-state index >= 15 is 0 Å². The molecule has 5 nitrogen and oxygen atoms in total. The molecule has 3 rings (SSSR count). The van der Waals surface area contributed by atoms with E-state index in [-0.39, 0.29) is 6.61 Å². The predicted octanol–water partition coefficient (Wildman–Crippen LogP) is 1.86. The molecule has 1 atom stereocenters. The fourth-order valence-electron chi connectivity index (χ4n) is 3.39. The average Bonchev–Trinajstić information content (AvgIpc) is 3.12. The van der Waals surface area contributed by atoms with E-state index in [0.29, 0.717) is 6.04 Å². The van der Waals surface area contributed by atoms with E-state index in [1.165, 1.54) is 11.1 Å². The molecule has 0 aliphatic carbocycles. The summed E-state index contributed by atoms with van der Waals surface area (Å²) in [6.45, 7) is 7.42. The largest absolute Gasteiger partial charge is 0.396 e. The fraction of sp³-hybridized carbons (Fsp3) is 0.588. The summed E-state index contributed by atoms with van der Waals surface area (Å²) in [4.78, 5) is 5.01. The zero-order valence-corrected chi connectivity index (χ0v) is 14.8. The number of aromatic nitrogens is 2. The van der Waals surface area contributed by atoms with Crippen molar-refractivity contribution in [2.75, 3.05) is 26.2 Å². The highest BCUT2D eigenvalue weighted by atomic mass is 32.1. The molecule has 1 N–H and O–H groups in total. The number of thiophene rings is 1. The standard InChI is InChI=1S/C17H26N4OS/c1-14-16(10-19(2)18-14)11-20-5-6-21(17(12-20)3-7-22)9-15-4-8-23-13-15/h4,8,10,13,17,22H,3,5-7,9,11-12H2,1-2H3/t17-/m1/s1. The maximum Gasteiger partial charge on any atom is 0.0638 e. The second-order valence-corrected chi connectivity index (χ2v) is 7.20.